The summed E-state index contributed by atoms with van der Waals surface area (Å²) in [5.74, 6) is -1.00. The zero-order chi connectivity index (χ0) is 13.8. The molecule has 1 aliphatic heterocycles. The molecule has 100 valence electrons. The number of hydrogen-bond donors (Lipinski definition) is 2. The third-order valence-electron chi connectivity index (χ3n) is 2.80. The Morgan fingerprint density at radius 1 is 1.32 bits per heavy atom. The highest BCUT2D eigenvalue weighted by Crippen LogP contribution is 2.24. The monoisotopic (exact) mass is 324 g/mol. The van der Waals surface area contributed by atoms with Crippen molar-refractivity contribution >= 4 is 33.6 Å². The Balaban J connectivity index is 2.08. The Kier molecular flexibility index (Phi) is 4.21. The van der Waals surface area contributed by atoms with Crippen molar-refractivity contribution in [2.75, 3.05) is 18.4 Å². The van der Waals surface area contributed by atoms with E-state index < -0.39 is 5.97 Å². The van der Waals surface area contributed by atoms with Crippen LogP contribution in [0.3, 0.4) is 0 Å². The van der Waals surface area contributed by atoms with Crippen molar-refractivity contribution in [3.05, 3.63) is 40.4 Å². The molecule has 0 aromatic heterocycles. The summed E-state index contributed by atoms with van der Waals surface area (Å²) in [5, 5.41) is 11.6. The van der Waals surface area contributed by atoms with Crippen LogP contribution in [0.4, 0.5) is 10.5 Å². The molecule has 1 aliphatic rings. The molecule has 2 rings (SSSR count). The van der Waals surface area contributed by atoms with Gasteiger partial charge in [-0.3, -0.25) is 0 Å². The maximum Gasteiger partial charge on any atom is 0.335 e. The number of nitrogens with one attached hydrogen (secondary N) is 1. The van der Waals surface area contributed by atoms with Crippen LogP contribution in [0.5, 0.6) is 0 Å². The first-order valence-electron chi connectivity index (χ1n) is 5.81. The molecule has 2 N–H and O–H groups in total. The van der Waals surface area contributed by atoms with Gasteiger partial charge in [0.25, 0.3) is 0 Å². The van der Waals surface area contributed by atoms with Crippen molar-refractivity contribution in [2.45, 2.75) is 6.42 Å². The lowest BCUT2D eigenvalue weighted by Gasteiger charge is -2.23. The summed E-state index contributed by atoms with van der Waals surface area (Å²) < 4.78 is 0.549. The number of hydrogen-bond acceptors (Lipinski definition) is 2. The van der Waals surface area contributed by atoms with Gasteiger partial charge in [-0.1, -0.05) is 12.2 Å². The molecule has 0 fully saturated rings. The Hall–Kier alpha value is -1.82. The van der Waals surface area contributed by atoms with Gasteiger partial charge in [-0.2, -0.15) is 0 Å². The summed E-state index contributed by atoms with van der Waals surface area (Å²) in [6.45, 7) is 1.28. The molecule has 0 radical (unpaired) electrons. The first-order valence-corrected chi connectivity index (χ1v) is 6.61. The van der Waals surface area contributed by atoms with E-state index in [9.17, 15) is 9.59 Å². The Bertz CT molecular complexity index is 543. The highest BCUT2D eigenvalue weighted by Gasteiger charge is 2.15. The highest BCUT2D eigenvalue weighted by atomic mass is 79.9. The SMILES string of the molecule is O=C(O)c1ccc(NC(=O)N2CC=CCC2)c(Br)c1. The second-order valence-corrected chi connectivity index (χ2v) is 4.99. The van der Waals surface area contributed by atoms with Gasteiger partial charge in [-0.25, -0.2) is 9.59 Å². The van der Waals surface area contributed by atoms with Crippen LogP contribution in [0.2, 0.25) is 0 Å². The van der Waals surface area contributed by atoms with E-state index in [4.69, 9.17) is 5.11 Å². The molecule has 1 heterocycles. The molecular formula is C13H13BrN2O3. The Morgan fingerprint density at radius 2 is 2.11 bits per heavy atom. The van der Waals surface area contributed by atoms with Crippen molar-refractivity contribution in [1.29, 1.82) is 0 Å². The highest BCUT2D eigenvalue weighted by molar-refractivity contribution is 9.10. The summed E-state index contributed by atoms with van der Waals surface area (Å²) >= 11 is 3.26. The molecule has 2 amide bonds. The minimum atomic E-state index is -1.00. The minimum absolute atomic E-state index is 0.172. The fourth-order valence-corrected chi connectivity index (χ4v) is 2.25. The Labute approximate surface area is 119 Å². The normalized spacial score (nSPS) is 14.3. The van der Waals surface area contributed by atoms with Gasteiger partial charge >= 0.3 is 12.0 Å². The van der Waals surface area contributed by atoms with Gasteiger partial charge in [0, 0.05) is 17.6 Å². The fraction of sp³-hybridized carbons (Fsp3) is 0.231. The van der Waals surface area contributed by atoms with Crippen molar-refractivity contribution in [3.8, 4) is 0 Å². The minimum Gasteiger partial charge on any atom is -0.478 e. The average molecular weight is 325 g/mol. The lowest BCUT2D eigenvalue weighted by molar-refractivity contribution is 0.0697. The predicted molar refractivity (Wildman–Crippen MR) is 75.5 cm³/mol. The second kappa shape index (κ2) is 5.88. The molecule has 0 aliphatic carbocycles. The van der Waals surface area contributed by atoms with Crippen LogP contribution in [0.1, 0.15) is 16.8 Å². The van der Waals surface area contributed by atoms with Crippen LogP contribution >= 0.6 is 15.9 Å². The van der Waals surface area contributed by atoms with Gasteiger partial charge in [0.15, 0.2) is 0 Å². The van der Waals surface area contributed by atoms with E-state index in [1.54, 1.807) is 11.0 Å². The molecule has 0 unspecified atom stereocenters. The number of benzene rings is 1. The molecule has 0 bridgehead atoms. The summed E-state index contributed by atoms with van der Waals surface area (Å²) in [4.78, 5) is 24.5. The number of carbonyl (C=O) groups is 2. The number of nitrogens with zero attached hydrogens (tertiary/aromatic N) is 1. The van der Waals surface area contributed by atoms with Crippen LogP contribution in [-0.4, -0.2) is 35.1 Å². The summed E-state index contributed by atoms with van der Waals surface area (Å²) in [7, 11) is 0. The van der Waals surface area contributed by atoms with Crippen molar-refractivity contribution in [2.24, 2.45) is 0 Å². The zero-order valence-corrected chi connectivity index (χ0v) is 11.7. The molecule has 1 aromatic rings. The molecule has 19 heavy (non-hydrogen) atoms. The van der Waals surface area contributed by atoms with E-state index in [2.05, 4.69) is 21.2 Å². The maximum atomic E-state index is 12.0. The first kappa shape index (κ1) is 13.6. The van der Waals surface area contributed by atoms with Gasteiger partial charge in [0.05, 0.1) is 11.3 Å². The topological polar surface area (TPSA) is 69.6 Å². The zero-order valence-electron chi connectivity index (χ0n) is 10.1. The quantitative estimate of drug-likeness (QED) is 0.822. The first-order chi connectivity index (χ1) is 9.08. The van der Waals surface area contributed by atoms with Crippen LogP contribution in [0, 0.1) is 0 Å². The molecule has 0 saturated carbocycles. The summed E-state index contributed by atoms with van der Waals surface area (Å²) in [5.41, 5.74) is 0.732. The Morgan fingerprint density at radius 3 is 2.68 bits per heavy atom. The van der Waals surface area contributed by atoms with Crippen LogP contribution < -0.4 is 5.32 Å². The van der Waals surface area contributed by atoms with Crippen LogP contribution in [-0.2, 0) is 0 Å². The second-order valence-electron chi connectivity index (χ2n) is 4.14. The van der Waals surface area contributed by atoms with E-state index >= 15 is 0 Å². The molecule has 0 saturated heterocycles. The number of aromatic carboxylic acids is 1. The van der Waals surface area contributed by atoms with E-state index in [0.29, 0.717) is 23.2 Å². The number of urea groups is 1. The molecule has 0 atom stereocenters. The third kappa shape index (κ3) is 3.35. The lowest BCUT2D eigenvalue weighted by Crippen LogP contribution is -2.37. The number of halogens is 1. The maximum absolute atomic E-state index is 12.0. The smallest absolute Gasteiger partial charge is 0.335 e. The molecule has 0 spiro atoms. The summed E-state index contributed by atoms with van der Waals surface area (Å²) in [6.07, 6.45) is 4.85. The molecule has 5 nitrogen and oxygen atoms in total. The van der Waals surface area contributed by atoms with E-state index in [0.717, 1.165) is 6.42 Å². The predicted octanol–water partition coefficient (Wildman–Crippen LogP) is 2.94. The standard InChI is InChI=1S/C13H13BrN2O3/c14-10-8-9(12(17)18)4-5-11(10)15-13(19)16-6-2-1-3-7-16/h1-2,4-5,8H,3,6-7H2,(H,15,19)(H,17,18). The fourth-order valence-electron chi connectivity index (χ4n) is 1.77. The third-order valence-corrected chi connectivity index (χ3v) is 3.46. The number of carbonyl (C=O) groups excluding carboxylic acids is 1. The lowest BCUT2D eigenvalue weighted by atomic mass is 10.2. The van der Waals surface area contributed by atoms with Gasteiger partial charge in [-0.05, 0) is 40.5 Å². The van der Waals surface area contributed by atoms with Crippen LogP contribution in [0.15, 0.2) is 34.8 Å². The molecular weight excluding hydrogens is 312 g/mol. The number of carboxylic acid groups (broad SMARTS) is 1. The van der Waals surface area contributed by atoms with Crippen molar-refractivity contribution in [3.63, 3.8) is 0 Å². The van der Waals surface area contributed by atoms with Crippen molar-refractivity contribution in [1.82, 2.24) is 4.90 Å². The van der Waals surface area contributed by atoms with Gasteiger partial charge in [-0.15, -0.1) is 0 Å². The number of rotatable bonds is 2. The van der Waals surface area contributed by atoms with Gasteiger partial charge in [0.2, 0.25) is 0 Å². The van der Waals surface area contributed by atoms with Crippen molar-refractivity contribution < 1.29 is 14.7 Å². The summed E-state index contributed by atoms with van der Waals surface area (Å²) in [6, 6.07) is 4.31. The van der Waals surface area contributed by atoms with E-state index in [-0.39, 0.29) is 11.6 Å². The average Bonchev–Trinajstić information content (AvgIpc) is 2.41. The number of carboxylic acids is 1. The van der Waals surface area contributed by atoms with E-state index in [1.165, 1.54) is 12.1 Å². The van der Waals surface area contributed by atoms with Gasteiger partial charge < -0.3 is 15.3 Å². The van der Waals surface area contributed by atoms with Crippen LogP contribution in [0.25, 0.3) is 0 Å². The molecule has 1 aromatic carbocycles. The number of anilines is 1. The number of amides is 2. The van der Waals surface area contributed by atoms with E-state index in [1.807, 2.05) is 12.2 Å². The largest absolute Gasteiger partial charge is 0.478 e. The molecule has 6 heteroatoms. The van der Waals surface area contributed by atoms with Gasteiger partial charge in [0.1, 0.15) is 0 Å².